The van der Waals surface area contributed by atoms with Crippen LogP contribution in [0.3, 0.4) is 0 Å². The van der Waals surface area contributed by atoms with E-state index in [2.05, 4.69) is 93.3 Å². The summed E-state index contributed by atoms with van der Waals surface area (Å²) in [7, 11) is 0. The molecule has 0 N–H and O–H groups in total. The van der Waals surface area contributed by atoms with E-state index in [4.69, 9.17) is 5.10 Å². The lowest BCUT2D eigenvalue weighted by atomic mass is 9.71. The fraction of sp³-hybridized carbons (Fsp3) is 0.762. The van der Waals surface area contributed by atoms with Gasteiger partial charge in [0.15, 0.2) is 11.5 Å². The van der Waals surface area contributed by atoms with Crippen LogP contribution in [-0.2, 0) is 21.7 Å². The van der Waals surface area contributed by atoms with Crippen molar-refractivity contribution in [3.8, 4) is 0 Å². The highest BCUT2D eigenvalue weighted by Crippen LogP contribution is 2.41. The molecule has 0 saturated heterocycles. The summed E-state index contributed by atoms with van der Waals surface area (Å²) in [6.07, 6.45) is 0. The average Bonchev–Trinajstić information content (AvgIpc) is 2.75. The summed E-state index contributed by atoms with van der Waals surface area (Å²) >= 11 is 0. The van der Waals surface area contributed by atoms with Crippen molar-refractivity contribution in [2.75, 3.05) is 0 Å². The summed E-state index contributed by atoms with van der Waals surface area (Å²) in [5, 5.41) is 14.2. The second kappa shape index (κ2) is 5.52. The number of rotatable bonds is 0. The summed E-state index contributed by atoms with van der Waals surface area (Å²) in [6, 6.07) is 0. The van der Waals surface area contributed by atoms with Gasteiger partial charge < -0.3 is 0 Å². The predicted molar refractivity (Wildman–Crippen MR) is 106 cm³/mol. The lowest BCUT2D eigenvalue weighted by Gasteiger charge is -2.35. The molecule has 0 aliphatic heterocycles. The van der Waals surface area contributed by atoms with Crippen molar-refractivity contribution in [3.63, 3.8) is 0 Å². The Labute approximate surface area is 153 Å². The zero-order valence-electron chi connectivity index (χ0n) is 18.3. The van der Waals surface area contributed by atoms with Crippen LogP contribution in [0.2, 0.25) is 0 Å². The van der Waals surface area contributed by atoms with Gasteiger partial charge in [-0.2, -0.15) is 9.61 Å². The minimum atomic E-state index is -0.111. The molecule has 0 saturated carbocycles. The maximum atomic E-state index is 5.11. The molecule has 0 unspecified atom stereocenters. The Morgan fingerprint density at radius 3 is 1.40 bits per heavy atom. The van der Waals surface area contributed by atoms with E-state index in [9.17, 15) is 0 Å². The number of fused-ring (bicyclic) bond motifs is 1. The van der Waals surface area contributed by atoms with Gasteiger partial charge in [-0.05, 0) is 16.4 Å². The summed E-state index contributed by atoms with van der Waals surface area (Å²) in [5.41, 5.74) is 4.38. The van der Waals surface area contributed by atoms with E-state index in [0.29, 0.717) is 0 Å². The molecule has 4 nitrogen and oxygen atoms in total. The number of aromatic nitrogens is 4. The van der Waals surface area contributed by atoms with E-state index in [1.54, 1.807) is 0 Å². The lowest BCUT2D eigenvalue weighted by Crippen LogP contribution is -2.32. The zero-order valence-corrected chi connectivity index (χ0v) is 18.3. The second-order valence-corrected chi connectivity index (χ2v) is 11.4. The maximum Gasteiger partial charge on any atom is 0.181 e. The van der Waals surface area contributed by atoms with E-state index >= 15 is 0 Å². The van der Waals surface area contributed by atoms with E-state index in [1.807, 2.05) is 4.52 Å². The molecule has 0 fully saturated rings. The normalized spacial score (nSPS) is 14.4. The zero-order chi connectivity index (χ0) is 19.6. The van der Waals surface area contributed by atoms with Crippen LogP contribution in [0.15, 0.2) is 0 Å². The Morgan fingerprint density at radius 1 is 0.560 bits per heavy atom. The number of hydrogen-bond donors (Lipinski definition) is 0. The lowest BCUT2D eigenvalue weighted by molar-refractivity contribution is 0.466. The maximum absolute atomic E-state index is 5.11. The predicted octanol–water partition coefficient (Wildman–Crippen LogP) is 5.31. The van der Waals surface area contributed by atoms with Crippen LogP contribution in [0, 0.1) is 0 Å². The Bertz CT molecular complexity index is 785. The monoisotopic (exact) mass is 344 g/mol. The molecule has 4 heteroatoms. The molecule has 25 heavy (non-hydrogen) atoms. The summed E-state index contributed by atoms with van der Waals surface area (Å²) in [5.74, 6) is 0.916. The summed E-state index contributed by atoms with van der Waals surface area (Å²) in [6.45, 7) is 26.8. The second-order valence-electron chi connectivity index (χ2n) is 11.4. The topological polar surface area (TPSA) is 43.1 Å². The standard InChI is InChI=1S/C21H36N4/c1-18(2,3)13-14(19(4,5)6)16-22-23-17(21(10,11)12)25(16)24-15(13)20(7,8)9/h1-12H3. The minimum Gasteiger partial charge on any atom is -0.196 e. The molecule has 0 spiro atoms. The van der Waals surface area contributed by atoms with Crippen molar-refractivity contribution >= 4 is 5.65 Å². The minimum absolute atomic E-state index is 0.0200. The smallest absolute Gasteiger partial charge is 0.181 e. The van der Waals surface area contributed by atoms with Gasteiger partial charge in [0.05, 0.1) is 5.69 Å². The molecule has 2 rings (SSSR count). The SMILES string of the molecule is CC(C)(C)c1nn2c(C(C)(C)C)nnc2c(C(C)(C)C)c1C(C)(C)C. The molecule has 0 radical (unpaired) electrons. The van der Waals surface area contributed by atoms with Crippen molar-refractivity contribution in [2.24, 2.45) is 0 Å². The van der Waals surface area contributed by atoms with Crippen molar-refractivity contribution in [1.29, 1.82) is 0 Å². The van der Waals surface area contributed by atoms with Crippen LogP contribution in [0.5, 0.6) is 0 Å². The van der Waals surface area contributed by atoms with Gasteiger partial charge in [-0.25, -0.2) is 0 Å². The largest absolute Gasteiger partial charge is 0.196 e. The molecule has 0 amide bonds. The van der Waals surface area contributed by atoms with Gasteiger partial charge in [0, 0.05) is 16.4 Å². The van der Waals surface area contributed by atoms with Crippen molar-refractivity contribution in [3.05, 3.63) is 22.6 Å². The van der Waals surface area contributed by atoms with Gasteiger partial charge in [0.2, 0.25) is 0 Å². The number of nitrogens with zero attached hydrogens (tertiary/aromatic N) is 4. The molecule has 140 valence electrons. The van der Waals surface area contributed by atoms with Crippen molar-refractivity contribution in [2.45, 2.75) is 105 Å². The van der Waals surface area contributed by atoms with E-state index in [1.165, 1.54) is 11.1 Å². The molecule has 2 heterocycles. The highest BCUT2D eigenvalue weighted by Gasteiger charge is 2.37. The van der Waals surface area contributed by atoms with E-state index in [-0.39, 0.29) is 21.7 Å². The van der Waals surface area contributed by atoms with Crippen LogP contribution in [0.4, 0.5) is 0 Å². The van der Waals surface area contributed by atoms with Gasteiger partial charge in [0.1, 0.15) is 0 Å². The van der Waals surface area contributed by atoms with Crippen LogP contribution < -0.4 is 0 Å². The average molecular weight is 345 g/mol. The van der Waals surface area contributed by atoms with Crippen molar-refractivity contribution < 1.29 is 0 Å². The van der Waals surface area contributed by atoms with Gasteiger partial charge in [-0.15, -0.1) is 10.2 Å². The first-order chi connectivity index (χ1) is 11.0. The van der Waals surface area contributed by atoms with Crippen LogP contribution in [-0.4, -0.2) is 19.8 Å². The molecule has 0 aliphatic rings. The van der Waals surface area contributed by atoms with Crippen LogP contribution in [0.25, 0.3) is 5.65 Å². The van der Waals surface area contributed by atoms with E-state index in [0.717, 1.165) is 17.2 Å². The Morgan fingerprint density at radius 2 is 1.04 bits per heavy atom. The molecule has 2 aromatic heterocycles. The molecular formula is C21H36N4. The van der Waals surface area contributed by atoms with Crippen LogP contribution in [0.1, 0.15) is 106 Å². The third kappa shape index (κ3) is 3.58. The molecule has 0 aliphatic carbocycles. The first-order valence-electron chi connectivity index (χ1n) is 9.27. The van der Waals surface area contributed by atoms with Gasteiger partial charge in [0.25, 0.3) is 0 Å². The fourth-order valence-corrected chi connectivity index (χ4v) is 3.34. The fourth-order valence-electron chi connectivity index (χ4n) is 3.34. The van der Waals surface area contributed by atoms with Gasteiger partial charge in [-0.3, -0.25) is 0 Å². The number of hydrogen-bond acceptors (Lipinski definition) is 3. The Hall–Kier alpha value is -1.45. The van der Waals surface area contributed by atoms with Gasteiger partial charge in [-0.1, -0.05) is 83.1 Å². The third-order valence-corrected chi connectivity index (χ3v) is 4.43. The first-order valence-corrected chi connectivity index (χ1v) is 9.27. The first kappa shape index (κ1) is 19.9. The molecule has 0 aromatic carbocycles. The molecule has 0 atom stereocenters. The summed E-state index contributed by atoms with van der Waals surface area (Å²) < 4.78 is 2.00. The highest BCUT2D eigenvalue weighted by atomic mass is 15.4. The van der Waals surface area contributed by atoms with E-state index < -0.39 is 0 Å². The molecular weight excluding hydrogens is 308 g/mol. The third-order valence-electron chi connectivity index (χ3n) is 4.43. The van der Waals surface area contributed by atoms with Crippen molar-refractivity contribution in [1.82, 2.24) is 19.8 Å². The Kier molecular flexibility index (Phi) is 4.39. The van der Waals surface area contributed by atoms with Gasteiger partial charge >= 0.3 is 0 Å². The van der Waals surface area contributed by atoms with Crippen LogP contribution >= 0.6 is 0 Å². The summed E-state index contributed by atoms with van der Waals surface area (Å²) in [4.78, 5) is 0. The molecule has 0 bridgehead atoms. The molecule has 2 aromatic rings. The quantitative estimate of drug-likeness (QED) is 0.650. The Balaban J connectivity index is 3.14. The highest BCUT2D eigenvalue weighted by molar-refractivity contribution is 5.58.